The van der Waals surface area contributed by atoms with Crippen molar-refractivity contribution in [3.63, 3.8) is 0 Å². The summed E-state index contributed by atoms with van der Waals surface area (Å²) in [5, 5.41) is 1.68. The van der Waals surface area contributed by atoms with E-state index in [0.29, 0.717) is 0 Å². The molecule has 4 heteroatoms. The minimum Gasteiger partial charge on any atom is -0.297 e. The molecule has 0 amide bonds. The number of halogens is 1. The van der Waals surface area contributed by atoms with Crippen molar-refractivity contribution >= 4 is 17.4 Å². The molecule has 3 nitrogen and oxygen atoms in total. The number of nitrogens with one attached hydrogen (secondary N) is 1. The first-order chi connectivity index (χ1) is 6.25. The lowest BCUT2D eigenvalue weighted by molar-refractivity contribution is -0.130. The molecule has 0 aliphatic carbocycles. The van der Waals surface area contributed by atoms with Gasteiger partial charge in [0.15, 0.2) is 5.78 Å². The number of alkyl halides is 1. The average Bonchev–Trinajstić information content (AvgIpc) is 2.24. The highest BCUT2D eigenvalue weighted by Crippen LogP contribution is 2.27. The number of hydrogen-bond acceptors (Lipinski definition) is 3. The SMILES string of the molecule is CC1NN(C)C(C(=O)C(C)(C)C)C1Cl. The van der Waals surface area contributed by atoms with Crippen molar-refractivity contribution in [2.24, 2.45) is 5.41 Å². The van der Waals surface area contributed by atoms with Crippen LogP contribution < -0.4 is 5.43 Å². The van der Waals surface area contributed by atoms with E-state index >= 15 is 0 Å². The van der Waals surface area contributed by atoms with Crippen LogP contribution in [0.4, 0.5) is 0 Å². The van der Waals surface area contributed by atoms with Crippen LogP contribution >= 0.6 is 11.6 Å². The Morgan fingerprint density at radius 1 is 1.43 bits per heavy atom. The van der Waals surface area contributed by atoms with Crippen molar-refractivity contribution in [2.45, 2.75) is 45.2 Å². The van der Waals surface area contributed by atoms with Crippen LogP contribution in [-0.2, 0) is 4.79 Å². The molecular formula is C10H19ClN2O. The van der Waals surface area contributed by atoms with E-state index in [-0.39, 0.29) is 28.7 Å². The third-order valence-electron chi connectivity index (χ3n) is 2.61. The number of Topliss-reactive ketones (excluding diaryl/α,β-unsaturated/α-hetero) is 1. The number of rotatable bonds is 1. The molecule has 1 aliphatic rings. The second-order valence-corrected chi connectivity index (χ2v) is 5.54. The molecular weight excluding hydrogens is 200 g/mol. The van der Waals surface area contributed by atoms with E-state index in [2.05, 4.69) is 5.43 Å². The van der Waals surface area contributed by atoms with Gasteiger partial charge in [-0.25, -0.2) is 5.01 Å². The number of likely N-dealkylation sites (N-methyl/N-ethyl adjacent to an activating group) is 1. The number of ketones is 1. The molecule has 0 radical (unpaired) electrons. The second kappa shape index (κ2) is 3.80. The molecule has 0 bridgehead atoms. The summed E-state index contributed by atoms with van der Waals surface area (Å²) < 4.78 is 0. The smallest absolute Gasteiger partial charge is 0.158 e. The molecule has 1 heterocycles. The first-order valence-corrected chi connectivity index (χ1v) is 5.36. The first-order valence-electron chi connectivity index (χ1n) is 4.92. The maximum Gasteiger partial charge on any atom is 0.158 e. The molecule has 0 aromatic carbocycles. The molecule has 3 unspecified atom stereocenters. The van der Waals surface area contributed by atoms with Crippen molar-refractivity contribution in [3.05, 3.63) is 0 Å². The lowest BCUT2D eigenvalue weighted by Crippen LogP contribution is -2.45. The van der Waals surface area contributed by atoms with Crippen LogP contribution in [0.3, 0.4) is 0 Å². The Kier molecular flexibility index (Phi) is 3.24. The maximum absolute atomic E-state index is 12.1. The van der Waals surface area contributed by atoms with E-state index < -0.39 is 0 Å². The van der Waals surface area contributed by atoms with Gasteiger partial charge in [-0.1, -0.05) is 20.8 Å². The Morgan fingerprint density at radius 3 is 2.21 bits per heavy atom. The Morgan fingerprint density at radius 2 is 1.93 bits per heavy atom. The molecule has 0 aromatic heterocycles. The molecule has 82 valence electrons. The molecule has 0 spiro atoms. The topological polar surface area (TPSA) is 32.3 Å². The molecule has 3 atom stereocenters. The molecule has 0 aromatic rings. The highest BCUT2D eigenvalue weighted by molar-refractivity contribution is 6.23. The molecule has 1 fully saturated rings. The maximum atomic E-state index is 12.1. The van der Waals surface area contributed by atoms with Gasteiger partial charge in [-0.15, -0.1) is 11.6 Å². The van der Waals surface area contributed by atoms with Gasteiger partial charge < -0.3 is 0 Å². The molecule has 1 rings (SSSR count). The molecule has 0 saturated carbocycles. The van der Waals surface area contributed by atoms with Gasteiger partial charge in [-0.05, 0) is 6.92 Å². The Balaban J connectivity index is 2.83. The van der Waals surface area contributed by atoms with Gasteiger partial charge in [0.1, 0.15) is 6.04 Å². The van der Waals surface area contributed by atoms with Crippen LogP contribution in [0.2, 0.25) is 0 Å². The predicted octanol–water partition coefficient (Wildman–Crippen LogP) is 1.42. The summed E-state index contributed by atoms with van der Waals surface area (Å²) in [4.78, 5) is 12.1. The molecule has 1 saturated heterocycles. The summed E-state index contributed by atoms with van der Waals surface area (Å²) in [7, 11) is 1.87. The first kappa shape index (κ1) is 12.0. The Labute approximate surface area is 90.8 Å². The molecule has 14 heavy (non-hydrogen) atoms. The summed E-state index contributed by atoms with van der Waals surface area (Å²) in [5.41, 5.74) is 2.81. The van der Waals surface area contributed by atoms with Crippen molar-refractivity contribution in [3.8, 4) is 0 Å². The summed E-state index contributed by atoms with van der Waals surface area (Å²) >= 11 is 6.20. The Hall–Kier alpha value is -0.120. The van der Waals surface area contributed by atoms with E-state index in [1.807, 2.05) is 39.8 Å². The van der Waals surface area contributed by atoms with Crippen LogP contribution in [0.25, 0.3) is 0 Å². The number of hydrazine groups is 1. The van der Waals surface area contributed by atoms with Gasteiger partial charge >= 0.3 is 0 Å². The molecule has 1 N–H and O–H groups in total. The number of carbonyl (C=O) groups is 1. The summed E-state index contributed by atoms with van der Waals surface area (Å²) in [6.07, 6.45) is 0. The summed E-state index contributed by atoms with van der Waals surface area (Å²) in [6.45, 7) is 7.77. The van der Waals surface area contributed by atoms with Crippen LogP contribution in [0.5, 0.6) is 0 Å². The second-order valence-electron chi connectivity index (χ2n) is 5.03. The third-order valence-corrected chi connectivity index (χ3v) is 3.23. The fourth-order valence-corrected chi connectivity index (χ4v) is 2.06. The minimum atomic E-state index is -0.336. The predicted molar refractivity (Wildman–Crippen MR) is 58.3 cm³/mol. The quantitative estimate of drug-likeness (QED) is 0.676. The number of hydrogen-bond donors (Lipinski definition) is 1. The highest BCUT2D eigenvalue weighted by atomic mass is 35.5. The van der Waals surface area contributed by atoms with Gasteiger partial charge in [0, 0.05) is 18.5 Å². The van der Waals surface area contributed by atoms with E-state index in [4.69, 9.17) is 11.6 Å². The lowest BCUT2D eigenvalue weighted by atomic mass is 9.85. The van der Waals surface area contributed by atoms with Gasteiger partial charge in [0.2, 0.25) is 0 Å². The largest absolute Gasteiger partial charge is 0.297 e. The van der Waals surface area contributed by atoms with Crippen LogP contribution in [0.1, 0.15) is 27.7 Å². The highest BCUT2D eigenvalue weighted by Gasteiger charge is 2.44. The van der Waals surface area contributed by atoms with Crippen molar-refractivity contribution < 1.29 is 4.79 Å². The average molecular weight is 219 g/mol. The lowest BCUT2D eigenvalue weighted by Gasteiger charge is -2.27. The zero-order valence-electron chi connectivity index (χ0n) is 9.47. The third kappa shape index (κ3) is 2.10. The van der Waals surface area contributed by atoms with Crippen LogP contribution in [-0.4, -0.2) is 35.3 Å². The van der Waals surface area contributed by atoms with Crippen LogP contribution in [0.15, 0.2) is 0 Å². The van der Waals surface area contributed by atoms with Gasteiger partial charge in [0.25, 0.3) is 0 Å². The van der Waals surface area contributed by atoms with Crippen molar-refractivity contribution in [2.75, 3.05) is 7.05 Å². The molecule has 1 aliphatic heterocycles. The Bertz CT molecular complexity index is 237. The van der Waals surface area contributed by atoms with Gasteiger partial charge in [-0.3, -0.25) is 10.2 Å². The summed E-state index contributed by atoms with van der Waals surface area (Å²) in [6, 6.07) is -0.0652. The number of carbonyl (C=O) groups excluding carboxylic acids is 1. The van der Waals surface area contributed by atoms with E-state index in [0.717, 1.165) is 0 Å². The normalized spacial score (nSPS) is 34.9. The van der Waals surface area contributed by atoms with Crippen molar-refractivity contribution in [1.29, 1.82) is 0 Å². The van der Waals surface area contributed by atoms with E-state index in [1.165, 1.54) is 0 Å². The van der Waals surface area contributed by atoms with Gasteiger partial charge in [0.05, 0.1) is 5.38 Å². The fraction of sp³-hybridized carbons (Fsp3) is 0.900. The zero-order chi connectivity index (χ0) is 11.1. The summed E-state index contributed by atoms with van der Waals surface area (Å²) in [5.74, 6) is 0.192. The van der Waals surface area contributed by atoms with E-state index in [1.54, 1.807) is 0 Å². The van der Waals surface area contributed by atoms with Crippen molar-refractivity contribution in [1.82, 2.24) is 10.4 Å². The standard InChI is InChI=1S/C10H19ClN2O/c1-6-7(11)8(13(5)12-6)9(14)10(2,3)4/h6-8,12H,1-5H3. The fourth-order valence-electron chi connectivity index (χ4n) is 1.72. The minimum absolute atomic E-state index is 0.147. The van der Waals surface area contributed by atoms with Crippen LogP contribution in [0, 0.1) is 5.41 Å². The van der Waals surface area contributed by atoms with Gasteiger partial charge in [-0.2, -0.15) is 0 Å². The zero-order valence-corrected chi connectivity index (χ0v) is 10.2. The number of nitrogens with zero attached hydrogens (tertiary/aromatic N) is 1. The monoisotopic (exact) mass is 218 g/mol. The van der Waals surface area contributed by atoms with E-state index in [9.17, 15) is 4.79 Å².